The van der Waals surface area contributed by atoms with Gasteiger partial charge in [-0.25, -0.2) is 8.42 Å². The van der Waals surface area contributed by atoms with E-state index in [9.17, 15) is 48.4 Å². The Balaban J connectivity index is 0.000000237. The average molecular weight is 1710 g/mol. The number of phenolic OH excluding ortho intramolecular Hbond substituents is 1. The van der Waals surface area contributed by atoms with E-state index in [4.69, 9.17) is 84.6 Å². The van der Waals surface area contributed by atoms with Crippen LogP contribution in [0.4, 0.5) is 22.7 Å². The molecule has 0 aromatic heterocycles. The SMILES string of the molecule is Cc1ccc(S(=O)(=O)Cl)cc1.Cc1ccc(S(=O)(=O)OCCCc2ccc(OS(=O)(=O)c3ccc(C)cc3)cc2)cc1.Cc1ccc(S(=O)(=O)Oc2ccc(CCCOC(=O)Cc3ccccc3Nc3c(Cl)cccc3Cl)cc2)cc1.O=C([O-])Cc1ccccc1Nc1c(Cl)cccc1Cl.OCCCc1ccc(O)cc1.[Na+]. The van der Waals surface area contributed by atoms with E-state index in [-0.39, 0.29) is 105 Å². The van der Waals surface area contributed by atoms with E-state index in [0.717, 1.165) is 63.0 Å². The minimum Gasteiger partial charge on any atom is -0.550 e. The first-order valence-electron chi connectivity index (χ1n) is 34.3. The number of halogens is 5. The molecule has 0 bridgehead atoms. The van der Waals surface area contributed by atoms with Crippen LogP contribution in [0.3, 0.4) is 0 Å². The molecule has 4 N–H and O–H groups in total. The van der Waals surface area contributed by atoms with E-state index in [2.05, 4.69) is 10.6 Å². The number of aromatic hydroxyl groups is 1. The van der Waals surface area contributed by atoms with Crippen molar-refractivity contribution in [3.63, 3.8) is 0 Å². The van der Waals surface area contributed by atoms with Gasteiger partial charge in [-0.3, -0.25) is 8.98 Å². The van der Waals surface area contributed by atoms with Gasteiger partial charge in [0.05, 0.1) is 60.9 Å². The van der Waals surface area contributed by atoms with Crippen molar-refractivity contribution in [2.24, 2.45) is 0 Å². The van der Waals surface area contributed by atoms with Gasteiger partial charge in [0.2, 0.25) is 0 Å². The van der Waals surface area contributed by atoms with Gasteiger partial charge in [0.1, 0.15) is 27.0 Å². The summed E-state index contributed by atoms with van der Waals surface area (Å²) in [4.78, 5) is 23.7. The molecule has 0 spiro atoms. The third-order valence-corrected chi connectivity index (χ3v) is 22.4. The van der Waals surface area contributed by atoms with Gasteiger partial charge in [-0.15, -0.1) is 0 Å². The predicted octanol–water partition coefficient (Wildman–Crippen LogP) is 15.2. The number of aryl methyl sites for hydroxylation is 7. The Labute approximate surface area is 701 Å². The number of hydrogen-bond donors (Lipinski definition) is 4. The summed E-state index contributed by atoms with van der Waals surface area (Å²) in [7, 11) is -10.0. The van der Waals surface area contributed by atoms with Crippen LogP contribution in [0.25, 0.3) is 0 Å². The van der Waals surface area contributed by atoms with Crippen LogP contribution in [0.5, 0.6) is 17.2 Å². The van der Waals surface area contributed by atoms with E-state index >= 15 is 0 Å². The first kappa shape index (κ1) is 92.4. The number of carbonyl (C=O) groups excluding carboxylic acids is 2. The molecule has 11 aromatic rings. The number of benzene rings is 11. The maximum Gasteiger partial charge on any atom is 1.00 e. The number of nitrogens with one attached hydrogen (secondary N) is 2. The van der Waals surface area contributed by atoms with Crippen LogP contribution in [0.1, 0.15) is 69.3 Å². The molecule has 0 atom stereocenters. The molecule has 0 aliphatic carbocycles. The maximum atomic E-state index is 12.5. The van der Waals surface area contributed by atoms with Gasteiger partial charge in [-0.05, 0) is 215 Å². The van der Waals surface area contributed by atoms with Crippen LogP contribution in [0, 0.1) is 27.7 Å². The number of aliphatic carboxylic acids is 1. The van der Waals surface area contributed by atoms with E-state index in [1.807, 2.05) is 64.1 Å². The number of rotatable bonds is 28. The van der Waals surface area contributed by atoms with Crippen molar-refractivity contribution in [2.75, 3.05) is 30.5 Å². The number of anilines is 4. The van der Waals surface area contributed by atoms with Gasteiger partial charge in [-0.1, -0.05) is 202 Å². The molecule has 29 heteroatoms. The zero-order valence-corrected chi connectivity index (χ0v) is 70.6. The van der Waals surface area contributed by atoms with Crippen molar-refractivity contribution >= 4 is 131 Å². The molecule has 19 nitrogen and oxygen atoms in total. The smallest absolute Gasteiger partial charge is 0.550 e. The Morgan fingerprint density at radius 1 is 0.402 bits per heavy atom. The van der Waals surface area contributed by atoms with E-state index in [1.165, 1.54) is 48.5 Å². The van der Waals surface area contributed by atoms with Crippen LogP contribution in [-0.2, 0) is 90.0 Å². The standard InChI is InChI=1S/C30H27Cl2NO5S.C23H24O6S2.C14H11Cl2NO2.C9H12O2.C7H7ClO2S.Na/c1-21-11-17-25(18-12-21)39(35,36)38-24-15-13-22(14-16-24)6-5-19-37-29(34)20-23-7-2-3-10-28(23)33-30-26(31)8-4-9-27(30)32;1-18-5-13-22(14-6-18)30(24,25)28-17-3-4-20-9-11-21(12-10-20)29-31(26,27)23-15-7-19(2)8-16-23;15-10-5-3-6-11(16)14(10)17-12-7-2-1-4-9(12)8-13(18)19;10-7-1-2-8-3-5-9(11)6-4-8;1-6-2-4-7(5-3-6)11(8,9)10;/h2-4,7-18,33H,5-6,19-20H2,1H3;5-16H,3-4,17H2,1-2H3;1-7,17H,8H2,(H,18,19);3-6,10-11H,1-2,7H2;2-5H,1H3;/q;;;;;+1/p-1. The Hall–Kier alpha value is -8.47. The number of carbonyl (C=O) groups is 2. The number of carboxylic acid groups (broad SMARTS) is 1. The second-order valence-electron chi connectivity index (χ2n) is 24.7. The number of ether oxygens (including phenoxy) is 1. The predicted molar refractivity (Wildman–Crippen MR) is 435 cm³/mol. The Morgan fingerprint density at radius 3 is 1.10 bits per heavy atom. The van der Waals surface area contributed by atoms with Crippen LogP contribution in [0.15, 0.2) is 274 Å². The molecule has 0 saturated carbocycles. The largest absolute Gasteiger partial charge is 1.00 e. The molecular weight excluding hydrogens is 1630 g/mol. The van der Waals surface area contributed by atoms with E-state index < -0.39 is 45.4 Å². The molecule has 112 heavy (non-hydrogen) atoms. The molecular formula is C83H80Cl5N2NaO17S4. The number of carboxylic acids is 1. The summed E-state index contributed by atoms with van der Waals surface area (Å²) < 4.78 is 116. The Bertz CT molecular complexity index is 5290. The third kappa shape index (κ3) is 31.5. The van der Waals surface area contributed by atoms with Crippen LogP contribution < -0.4 is 53.7 Å². The molecule has 0 aliphatic heterocycles. The second-order valence-corrected chi connectivity index (χ2v) is 33.6. The molecule has 11 rings (SSSR count). The normalized spacial score (nSPS) is 11.0. The molecule has 0 aliphatic rings. The minimum absolute atomic E-state index is 0. The summed E-state index contributed by atoms with van der Waals surface area (Å²) in [6, 6.07) is 71.1. The summed E-state index contributed by atoms with van der Waals surface area (Å²) >= 11 is 24.7. The van der Waals surface area contributed by atoms with Crippen molar-refractivity contribution in [3.8, 4) is 17.2 Å². The molecule has 584 valence electrons. The quantitative estimate of drug-likeness (QED) is 0.0116. The minimum atomic E-state index is -3.90. The number of hydrogen-bond acceptors (Lipinski definition) is 19. The third-order valence-electron chi connectivity index (χ3n) is 15.9. The summed E-state index contributed by atoms with van der Waals surface area (Å²) in [6.45, 7) is 8.05. The summed E-state index contributed by atoms with van der Waals surface area (Å²) in [5.41, 5.74) is 10.8. The summed E-state index contributed by atoms with van der Waals surface area (Å²) in [6.07, 6.45) is 3.91. The summed E-state index contributed by atoms with van der Waals surface area (Å²) in [5.74, 6) is -0.754. The number of phenols is 1. The van der Waals surface area contributed by atoms with Crippen LogP contribution in [0.2, 0.25) is 20.1 Å². The first-order valence-corrected chi connectivity index (χ1v) is 42.3. The van der Waals surface area contributed by atoms with Gasteiger partial charge in [0.15, 0.2) is 0 Å². The zero-order chi connectivity index (χ0) is 80.7. The van der Waals surface area contributed by atoms with Crippen molar-refractivity contribution in [2.45, 2.75) is 98.6 Å². The van der Waals surface area contributed by atoms with Crippen molar-refractivity contribution in [1.29, 1.82) is 0 Å². The van der Waals surface area contributed by atoms with Gasteiger partial charge in [0, 0.05) is 41.1 Å². The topological polar surface area (TPSA) is 295 Å². The van der Waals surface area contributed by atoms with Crippen molar-refractivity contribution in [1.82, 2.24) is 0 Å². The number of aliphatic hydroxyl groups is 1. The molecule has 0 unspecified atom stereocenters. The van der Waals surface area contributed by atoms with Crippen LogP contribution in [-0.4, -0.2) is 75.6 Å². The molecule has 0 fully saturated rings. The van der Waals surface area contributed by atoms with E-state index in [1.54, 1.807) is 170 Å². The molecule has 0 amide bonds. The zero-order valence-electron chi connectivity index (χ0n) is 61.6. The monoisotopic (exact) mass is 1700 g/mol. The van der Waals surface area contributed by atoms with Crippen LogP contribution >= 0.6 is 57.1 Å². The number of esters is 1. The van der Waals surface area contributed by atoms with Gasteiger partial charge in [0.25, 0.3) is 19.2 Å². The van der Waals surface area contributed by atoms with Crippen molar-refractivity contribution < 1.29 is 105 Å². The second kappa shape index (κ2) is 45.4. The molecule has 0 saturated heterocycles. The molecule has 0 heterocycles. The number of para-hydroxylation sites is 4. The van der Waals surface area contributed by atoms with Gasteiger partial charge >= 0.3 is 55.8 Å². The fourth-order valence-corrected chi connectivity index (χ4v) is 14.5. The molecule has 11 aromatic carbocycles. The number of aliphatic hydroxyl groups excluding tert-OH is 1. The fraction of sp³-hybridized carbons (Fsp3) is 0.181. The van der Waals surface area contributed by atoms with Gasteiger partial charge in [-0.2, -0.15) is 25.3 Å². The summed E-state index contributed by atoms with van der Waals surface area (Å²) in [5, 5.41) is 36.3. The maximum absolute atomic E-state index is 12.5. The Kier molecular flexibility index (Phi) is 37.5. The van der Waals surface area contributed by atoms with E-state index in [0.29, 0.717) is 68.4 Å². The van der Waals surface area contributed by atoms with Gasteiger partial charge < -0.3 is 43.9 Å². The Morgan fingerprint density at radius 2 is 0.732 bits per heavy atom. The fourth-order valence-electron chi connectivity index (χ4n) is 9.97. The first-order chi connectivity index (χ1) is 52.8. The van der Waals surface area contributed by atoms with Crippen molar-refractivity contribution in [3.05, 3.63) is 325 Å². The molecule has 0 radical (unpaired) electrons. The average Bonchev–Trinajstić information content (AvgIpc) is 0.829.